The molecule has 0 bridgehead atoms. The van der Waals surface area contributed by atoms with Crippen LogP contribution in [0.1, 0.15) is 37.3 Å². The predicted molar refractivity (Wildman–Crippen MR) is 75.1 cm³/mol. The van der Waals surface area contributed by atoms with Crippen molar-refractivity contribution in [2.24, 2.45) is 5.92 Å². The lowest BCUT2D eigenvalue weighted by molar-refractivity contribution is -0.141. The molecule has 0 amide bonds. The van der Waals surface area contributed by atoms with Crippen molar-refractivity contribution in [2.75, 3.05) is 24.5 Å². The molecule has 3 nitrogen and oxygen atoms in total. The Morgan fingerprint density at radius 1 is 1.30 bits per heavy atom. The Hall–Kier alpha value is -0.820. The molecule has 1 aromatic rings. The maximum atomic E-state index is 13.0. The number of halogens is 3. The van der Waals surface area contributed by atoms with Gasteiger partial charge in [-0.15, -0.1) is 0 Å². The van der Waals surface area contributed by atoms with Gasteiger partial charge in [-0.2, -0.15) is 13.2 Å². The van der Waals surface area contributed by atoms with Crippen LogP contribution in [0, 0.1) is 5.92 Å². The molecule has 0 atom stereocenters. The number of anilines is 1. The van der Waals surface area contributed by atoms with E-state index in [1.807, 2.05) is 18.7 Å². The minimum absolute atomic E-state index is 0.235. The normalized spacial score (nSPS) is 16.4. The highest BCUT2D eigenvalue weighted by Crippen LogP contribution is 2.38. The number of nitrogens with zero attached hydrogens (tertiary/aromatic N) is 2. The average Bonchev–Trinajstić information content (AvgIpc) is 2.94. The fourth-order valence-electron chi connectivity index (χ4n) is 2.20. The molecule has 1 fully saturated rings. The molecule has 0 spiro atoms. The van der Waals surface area contributed by atoms with Gasteiger partial charge >= 0.3 is 6.18 Å². The summed E-state index contributed by atoms with van der Waals surface area (Å²) in [5.74, 6) is 0.412. The summed E-state index contributed by atoms with van der Waals surface area (Å²) < 4.78 is 39.1. The number of aromatic nitrogens is 1. The molecule has 20 heavy (non-hydrogen) atoms. The van der Waals surface area contributed by atoms with Gasteiger partial charge < -0.3 is 10.2 Å². The molecular formula is C13H20F3N3S. The quantitative estimate of drug-likeness (QED) is 0.902. The van der Waals surface area contributed by atoms with E-state index in [0.717, 1.165) is 25.9 Å². The van der Waals surface area contributed by atoms with Gasteiger partial charge in [0.25, 0.3) is 0 Å². The first-order valence-corrected chi connectivity index (χ1v) is 7.72. The highest BCUT2D eigenvalue weighted by Gasteiger charge is 2.38. The van der Waals surface area contributed by atoms with Crippen LogP contribution < -0.4 is 10.2 Å². The van der Waals surface area contributed by atoms with Gasteiger partial charge in [0.05, 0.1) is 4.88 Å². The summed E-state index contributed by atoms with van der Waals surface area (Å²) in [6.07, 6.45) is -2.31. The first-order chi connectivity index (χ1) is 9.38. The van der Waals surface area contributed by atoms with E-state index in [9.17, 15) is 13.2 Å². The van der Waals surface area contributed by atoms with Crippen molar-refractivity contribution in [2.45, 2.75) is 39.4 Å². The molecular weight excluding hydrogens is 287 g/mol. The van der Waals surface area contributed by atoms with E-state index >= 15 is 0 Å². The summed E-state index contributed by atoms with van der Waals surface area (Å²) in [5, 5.41) is 3.58. The Morgan fingerprint density at radius 3 is 2.50 bits per heavy atom. The fraction of sp³-hybridized carbons (Fsp3) is 0.769. The second-order valence-corrected chi connectivity index (χ2v) is 6.55. The van der Waals surface area contributed by atoms with Crippen LogP contribution in [-0.2, 0) is 12.7 Å². The molecule has 1 aliphatic rings. The van der Waals surface area contributed by atoms with E-state index in [-0.39, 0.29) is 6.54 Å². The third-order valence-electron chi connectivity index (χ3n) is 3.17. The topological polar surface area (TPSA) is 28.2 Å². The van der Waals surface area contributed by atoms with Crippen molar-refractivity contribution in [3.8, 4) is 0 Å². The molecule has 114 valence electrons. The van der Waals surface area contributed by atoms with Crippen molar-refractivity contribution in [1.29, 1.82) is 0 Å². The second kappa shape index (κ2) is 6.30. The second-order valence-electron chi connectivity index (χ2n) is 5.48. The molecule has 0 unspecified atom stereocenters. The minimum Gasteiger partial charge on any atom is -0.348 e. The van der Waals surface area contributed by atoms with E-state index in [1.165, 1.54) is 11.3 Å². The Balaban J connectivity index is 2.14. The van der Waals surface area contributed by atoms with Crippen molar-refractivity contribution < 1.29 is 13.2 Å². The van der Waals surface area contributed by atoms with Gasteiger partial charge in [-0.05, 0) is 25.3 Å². The Morgan fingerprint density at radius 2 is 1.95 bits per heavy atom. The lowest BCUT2D eigenvalue weighted by Gasteiger charge is -2.12. The number of nitrogens with one attached hydrogen (secondary N) is 1. The molecule has 1 N–H and O–H groups in total. The predicted octanol–water partition coefficient (Wildman–Crippen LogP) is 3.51. The first-order valence-electron chi connectivity index (χ1n) is 6.90. The smallest absolute Gasteiger partial charge is 0.348 e. The Kier molecular flexibility index (Phi) is 4.90. The van der Waals surface area contributed by atoms with Crippen molar-refractivity contribution in [3.63, 3.8) is 0 Å². The summed E-state index contributed by atoms with van der Waals surface area (Å²) in [7, 11) is 0. The van der Waals surface area contributed by atoms with Crippen LogP contribution in [0.15, 0.2) is 0 Å². The van der Waals surface area contributed by atoms with Crippen LogP contribution in [0.5, 0.6) is 0 Å². The highest BCUT2D eigenvalue weighted by atomic mass is 32.1. The van der Waals surface area contributed by atoms with Gasteiger partial charge in [0.1, 0.15) is 0 Å². The zero-order valence-electron chi connectivity index (χ0n) is 11.8. The van der Waals surface area contributed by atoms with Crippen molar-refractivity contribution in [3.05, 3.63) is 10.6 Å². The fourth-order valence-corrected chi connectivity index (χ4v) is 3.30. The maximum absolute atomic E-state index is 13.0. The molecule has 0 radical (unpaired) electrons. The molecule has 2 rings (SSSR count). The van der Waals surface area contributed by atoms with Gasteiger partial charge in [-0.1, -0.05) is 25.2 Å². The molecule has 1 aromatic heterocycles. The van der Waals surface area contributed by atoms with Crippen LogP contribution in [0.3, 0.4) is 0 Å². The number of hydrogen-bond acceptors (Lipinski definition) is 4. The molecule has 0 aromatic carbocycles. The van der Waals surface area contributed by atoms with E-state index < -0.39 is 11.9 Å². The van der Waals surface area contributed by atoms with Crippen LogP contribution in [0.25, 0.3) is 0 Å². The lowest BCUT2D eigenvalue weighted by atomic mass is 10.2. The SMILES string of the molecule is CC(C)CNCc1sc(N2CCCC2)nc1C(F)(F)F. The van der Waals surface area contributed by atoms with Crippen LogP contribution in [-0.4, -0.2) is 24.6 Å². The van der Waals surface area contributed by atoms with Gasteiger partial charge in [-0.3, -0.25) is 0 Å². The summed E-state index contributed by atoms with van der Waals surface area (Å²) in [5.41, 5.74) is -0.722. The molecule has 0 saturated carbocycles. The first kappa shape index (κ1) is 15.6. The average molecular weight is 307 g/mol. The summed E-state index contributed by atoms with van der Waals surface area (Å²) in [4.78, 5) is 6.08. The van der Waals surface area contributed by atoms with Gasteiger partial charge in [0.2, 0.25) is 0 Å². The lowest BCUT2D eigenvalue weighted by Crippen LogP contribution is -2.20. The minimum atomic E-state index is -4.37. The monoisotopic (exact) mass is 307 g/mol. The van der Waals surface area contributed by atoms with Crippen LogP contribution >= 0.6 is 11.3 Å². The molecule has 0 aliphatic carbocycles. The summed E-state index contributed by atoms with van der Waals surface area (Å²) >= 11 is 1.17. The van der Waals surface area contributed by atoms with Crippen molar-refractivity contribution >= 4 is 16.5 Å². The van der Waals surface area contributed by atoms with E-state index in [4.69, 9.17) is 0 Å². The highest BCUT2D eigenvalue weighted by molar-refractivity contribution is 7.15. The third-order valence-corrected chi connectivity index (χ3v) is 4.29. The standard InChI is InChI=1S/C13H20F3N3S/c1-9(2)7-17-8-10-11(13(14,15)16)18-12(20-10)19-5-3-4-6-19/h9,17H,3-8H2,1-2H3. The van der Waals surface area contributed by atoms with E-state index in [0.29, 0.717) is 22.5 Å². The zero-order valence-corrected chi connectivity index (χ0v) is 12.6. The van der Waals surface area contributed by atoms with Gasteiger partial charge in [0.15, 0.2) is 10.8 Å². The molecule has 1 saturated heterocycles. The van der Waals surface area contributed by atoms with Crippen LogP contribution in [0.4, 0.5) is 18.3 Å². The number of rotatable bonds is 5. The Labute approximate surface area is 121 Å². The van der Waals surface area contributed by atoms with E-state index in [1.54, 1.807) is 0 Å². The van der Waals surface area contributed by atoms with Gasteiger partial charge in [0, 0.05) is 19.6 Å². The Bertz CT molecular complexity index is 437. The molecule has 1 aliphatic heterocycles. The summed E-state index contributed by atoms with van der Waals surface area (Å²) in [6, 6.07) is 0. The zero-order chi connectivity index (χ0) is 14.8. The largest absolute Gasteiger partial charge is 0.434 e. The summed E-state index contributed by atoms with van der Waals surface area (Å²) in [6.45, 7) is 6.61. The molecule has 7 heteroatoms. The van der Waals surface area contributed by atoms with Crippen LogP contribution in [0.2, 0.25) is 0 Å². The third kappa shape index (κ3) is 3.85. The molecule has 2 heterocycles. The number of alkyl halides is 3. The number of thiazole rings is 1. The van der Waals surface area contributed by atoms with E-state index in [2.05, 4.69) is 10.3 Å². The maximum Gasteiger partial charge on any atom is 0.434 e. The number of hydrogen-bond donors (Lipinski definition) is 1. The van der Waals surface area contributed by atoms with Crippen molar-refractivity contribution in [1.82, 2.24) is 10.3 Å². The van der Waals surface area contributed by atoms with Gasteiger partial charge in [-0.25, -0.2) is 4.98 Å².